The largest absolute Gasteiger partial charge is 0.383 e. The van der Waals surface area contributed by atoms with Gasteiger partial charge in [0.1, 0.15) is 0 Å². The molecule has 0 atom stereocenters. The second kappa shape index (κ2) is 5.54. The van der Waals surface area contributed by atoms with Crippen LogP contribution >= 0.6 is 0 Å². The van der Waals surface area contributed by atoms with Crippen LogP contribution in [-0.4, -0.2) is 11.8 Å². The Hall–Kier alpha value is -1.31. The van der Waals surface area contributed by atoms with Gasteiger partial charge in [-0.2, -0.15) is 0 Å². The molecule has 0 spiro atoms. The number of carbonyl (C=O) groups excluding carboxylic acids is 1. The Kier molecular flexibility index (Phi) is 4.35. The first-order valence-electron chi connectivity index (χ1n) is 5.53. The number of hydrogen-bond donors (Lipinski definition) is 1. The molecule has 1 rings (SSSR count). The lowest BCUT2D eigenvalue weighted by Gasteiger charge is -2.10. The van der Waals surface area contributed by atoms with Crippen molar-refractivity contribution < 1.29 is 4.79 Å². The molecular formula is C13H19NO. The van der Waals surface area contributed by atoms with Crippen molar-refractivity contribution in [2.24, 2.45) is 0 Å². The number of Topliss-reactive ketones (excluding diaryl/α,β-unsaturated/α-hetero) is 1. The first kappa shape index (κ1) is 11.8. The highest BCUT2D eigenvalue weighted by Gasteiger charge is 2.05. The lowest BCUT2D eigenvalue weighted by atomic mass is 10.1. The molecule has 0 radical (unpaired) electrons. The van der Waals surface area contributed by atoms with E-state index in [1.807, 2.05) is 31.2 Å². The van der Waals surface area contributed by atoms with Crippen LogP contribution in [0.1, 0.15) is 44.0 Å². The highest BCUT2D eigenvalue weighted by molar-refractivity contribution is 5.96. The molecule has 2 heteroatoms. The highest BCUT2D eigenvalue weighted by atomic mass is 16.1. The standard InChI is InChI=1S/C13H19NO/c1-4-6-13(15)11-7-5-8-12(9-11)14-10(2)3/h5,7-10,14H,4,6H2,1-3H3. The highest BCUT2D eigenvalue weighted by Crippen LogP contribution is 2.13. The molecule has 1 aromatic rings. The summed E-state index contributed by atoms with van der Waals surface area (Å²) >= 11 is 0. The van der Waals surface area contributed by atoms with Gasteiger partial charge in [0.05, 0.1) is 0 Å². The average molecular weight is 205 g/mol. The van der Waals surface area contributed by atoms with Crippen LogP contribution < -0.4 is 5.32 Å². The normalized spacial score (nSPS) is 10.4. The molecule has 0 heterocycles. The Morgan fingerprint density at radius 2 is 2.13 bits per heavy atom. The summed E-state index contributed by atoms with van der Waals surface area (Å²) in [5, 5.41) is 3.29. The summed E-state index contributed by atoms with van der Waals surface area (Å²) in [6.07, 6.45) is 1.53. The average Bonchev–Trinajstić information content (AvgIpc) is 2.17. The van der Waals surface area contributed by atoms with Crippen LogP contribution in [0.15, 0.2) is 24.3 Å². The number of benzene rings is 1. The molecule has 0 saturated heterocycles. The topological polar surface area (TPSA) is 29.1 Å². The third kappa shape index (κ3) is 3.74. The monoisotopic (exact) mass is 205 g/mol. The zero-order valence-electron chi connectivity index (χ0n) is 9.71. The Bertz CT molecular complexity index is 331. The number of carbonyl (C=O) groups is 1. The van der Waals surface area contributed by atoms with E-state index in [4.69, 9.17) is 0 Å². The molecule has 0 fully saturated rings. The van der Waals surface area contributed by atoms with Gasteiger partial charge < -0.3 is 5.32 Å². The Labute approximate surface area is 91.7 Å². The molecule has 0 aliphatic carbocycles. The maximum atomic E-state index is 11.7. The zero-order valence-corrected chi connectivity index (χ0v) is 9.71. The first-order chi connectivity index (χ1) is 7.13. The number of nitrogens with one attached hydrogen (secondary N) is 1. The van der Waals surface area contributed by atoms with E-state index in [2.05, 4.69) is 19.2 Å². The molecule has 15 heavy (non-hydrogen) atoms. The van der Waals surface area contributed by atoms with Crippen molar-refractivity contribution in [3.05, 3.63) is 29.8 Å². The van der Waals surface area contributed by atoms with Crippen LogP contribution in [0, 0.1) is 0 Å². The molecule has 82 valence electrons. The van der Waals surface area contributed by atoms with Crippen molar-refractivity contribution in [2.75, 3.05) is 5.32 Å². The van der Waals surface area contributed by atoms with E-state index in [0.29, 0.717) is 12.5 Å². The summed E-state index contributed by atoms with van der Waals surface area (Å²) in [5.41, 5.74) is 1.83. The third-order valence-corrected chi connectivity index (χ3v) is 2.12. The van der Waals surface area contributed by atoms with Gasteiger partial charge in [-0.05, 0) is 32.4 Å². The second-order valence-corrected chi connectivity index (χ2v) is 4.05. The van der Waals surface area contributed by atoms with Gasteiger partial charge >= 0.3 is 0 Å². The van der Waals surface area contributed by atoms with Crippen molar-refractivity contribution in [3.8, 4) is 0 Å². The summed E-state index contributed by atoms with van der Waals surface area (Å²) in [6.45, 7) is 6.19. The smallest absolute Gasteiger partial charge is 0.162 e. The van der Waals surface area contributed by atoms with Gasteiger partial charge in [-0.3, -0.25) is 4.79 Å². The van der Waals surface area contributed by atoms with E-state index < -0.39 is 0 Å². The quantitative estimate of drug-likeness (QED) is 0.745. The molecule has 1 aromatic carbocycles. The van der Waals surface area contributed by atoms with Crippen molar-refractivity contribution in [1.82, 2.24) is 0 Å². The second-order valence-electron chi connectivity index (χ2n) is 4.05. The number of hydrogen-bond acceptors (Lipinski definition) is 2. The number of ketones is 1. The molecule has 2 nitrogen and oxygen atoms in total. The molecule has 0 aromatic heterocycles. The van der Waals surface area contributed by atoms with Crippen LogP contribution in [0.3, 0.4) is 0 Å². The molecule has 0 amide bonds. The van der Waals surface area contributed by atoms with E-state index in [0.717, 1.165) is 17.7 Å². The fraction of sp³-hybridized carbons (Fsp3) is 0.462. The molecule has 1 N–H and O–H groups in total. The SMILES string of the molecule is CCCC(=O)c1cccc(NC(C)C)c1. The molecular weight excluding hydrogens is 186 g/mol. The van der Waals surface area contributed by atoms with Gasteiger partial charge in [-0.15, -0.1) is 0 Å². The van der Waals surface area contributed by atoms with E-state index in [1.165, 1.54) is 0 Å². The summed E-state index contributed by atoms with van der Waals surface area (Å²) in [5.74, 6) is 0.227. The fourth-order valence-electron chi connectivity index (χ4n) is 1.49. The Balaban J connectivity index is 2.78. The van der Waals surface area contributed by atoms with Gasteiger partial charge in [0.2, 0.25) is 0 Å². The van der Waals surface area contributed by atoms with Crippen LogP contribution in [0.4, 0.5) is 5.69 Å². The molecule has 0 aliphatic rings. The summed E-state index contributed by atoms with van der Waals surface area (Å²) in [6, 6.07) is 8.11. The van der Waals surface area contributed by atoms with Crippen molar-refractivity contribution in [2.45, 2.75) is 39.7 Å². The van der Waals surface area contributed by atoms with Gasteiger partial charge in [0, 0.05) is 23.7 Å². The Morgan fingerprint density at radius 1 is 1.40 bits per heavy atom. The van der Waals surface area contributed by atoms with Crippen LogP contribution in [0.5, 0.6) is 0 Å². The minimum absolute atomic E-state index is 0.227. The van der Waals surface area contributed by atoms with Crippen molar-refractivity contribution in [3.63, 3.8) is 0 Å². The van der Waals surface area contributed by atoms with Gasteiger partial charge in [0.25, 0.3) is 0 Å². The molecule has 0 saturated carbocycles. The van der Waals surface area contributed by atoms with E-state index in [9.17, 15) is 4.79 Å². The zero-order chi connectivity index (χ0) is 11.3. The van der Waals surface area contributed by atoms with E-state index in [1.54, 1.807) is 0 Å². The van der Waals surface area contributed by atoms with E-state index in [-0.39, 0.29) is 5.78 Å². The van der Waals surface area contributed by atoms with Crippen LogP contribution in [0.25, 0.3) is 0 Å². The van der Waals surface area contributed by atoms with Gasteiger partial charge in [0.15, 0.2) is 5.78 Å². The van der Waals surface area contributed by atoms with Crippen molar-refractivity contribution >= 4 is 11.5 Å². The molecule has 0 bridgehead atoms. The summed E-state index contributed by atoms with van der Waals surface area (Å²) < 4.78 is 0. The maximum absolute atomic E-state index is 11.7. The lowest BCUT2D eigenvalue weighted by Crippen LogP contribution is -2.10. The number of anilines is 1. The van der Waals surface area contributed by atoms with Crippen LogP contribution in [0.2, 0.25) is 0 Å². The Morgan fingerprint density at radius 3 is 2.73 bits per heavy atom. The molecule has 0 aliphatic heterocycles. The lowest BCUT2D eigenvalue weighted by molar-refractivity contribution is 0.0982. The first-order valence-corrected chi connectivity index (χ1v) is 5.53. The van der Waals surface area contributed by atoms with Gasteiger partial charge in [-0.25, -0.2) is 0 Å². The van der Waals surface area contributed by atoms with Gasteiger partial charge in [-0.1, -0.05) is 19.1 Å². The minimum atomic E-state index is 0.227. The summed E-state index contributed by atoms with van der Waals surface area (Å²) in [4.78, 5) is 11.7. The van der Waals surface area contributed by atoms with Crippen LogP contribution in [-0.2, 0) is 0 Å². The predicted octanol–water partition coefficient (Wildman–Crippen LogP) is 3.49. The maximum Gasteiger partial charge on any atom is 0.162 e. The summed E-state index contributed by atoms with van der Waals surface area (Å²) in [7, 11) is 0. The third-order valence-electron chi connectivity index (χ3n) is 2.12. The van der Waals surface area contributed by atoms with E-state index >= 15 is 0 Å². The fourth-order valence-corrected chi connectivity index (χ4v) is 1.49. The molecule has 0 unspecified atom stereocenters. The minimum Gasteiger partial charge on any atom is -0.383 e. The van der Waals surface area contributed by atoms with Crippen molar-refractivity contribution in [1.29, 1.82) is 0 Å². The predicted molar refractivity (Wildman–Crippen MR) is 64.4 cm³/mol. The number of rotatable bonds is 5.